The average Bonchev–Trinajstić information content (AvgIpc) is 2.79. The van der Waals surface area contributed by atoms with Gasteiger partial charge in [0.15, 0.2) is 5.58 Å². The number of aromatic nitrogens is 1. The van der Waals surface area contributed by atoms with Gasteiger partial charge < -0.3 is 15.9 Å². The van der Waals surface area contributed by atoms with Crippen LogP contribution in [-0.2, 0) is 11.3 Å². The number of hydrogen-bond acceptors (Lipinski definition) is 5. The Morgan fingerprint density at radius 2 is 2.25 bits per heavy atom. The Kier molecular flexibility index (Phi) is 4.57. The van der Waals surface area contributed by atoms with Gasteiger partial charge in [-0.3, -0.25) is 9.69 Å². The van der Waals surface area contributed by atoms with Gasteiger partial charge in [0.2, 0.25) is 11.8 Å². The number of oxazole rings is 1. The summed E-state index contributed by atoms with van der Waals surface area (Å²) in [4.78, 5) is 17.4. The van der Waals surface area contributed by atoms with Gasteiger partial charge in [-0.1, -0.05) is 19.4 Å². The maximum Gasteiger partial charge on any atom is 0.231 e. The van der Waals surface area contributed by atoms with E-state index >= 15 is 0 Å². The highest BCUT2D eigenvalue weighted by Crippen LogP contribution is 2.21. The molecule has 6 heteroatoms. The van der Waals surface area contributed by atoms with Crippen LogP contribution in [0.1, 0.15) is 25.7 Å². The minimum Gasteiger partial charge on any atom is -0.439 e. The van der Waals surface area contributed by atoms with Crippen LogP contribution in [0.2, 0.25) is 0 Å². The molecule has 108 valence electrons. The van der Waals surface area contributed by atoms with E-state index in [1.165, 1.54) is 0 Å². The number of benzene rings is 1. The number of amides is 1. The van der Waals surface area contributed by atoms with Crippen LogP contribution in [0.3, 0.4) is 0 Å². The van der Waals surface area contributed by atoms with Crippen LogP contribution >= 0.6 is 0 Å². The molecule has 4 N–H and O–H groups in total. The molecule has 0 spiro atoms. The summed E-state index contributed by atoms with van der Waals surface area (Å²) in [6, 6.07) is 5.43. The predicted molar refractivity (Wildman–Crippen MR) is 77.8 cm³/mol. The molecule has 1 aromatic carbocycles. The molecule has 0 atom stereocenters. The summed E-state index contributed by atoms with van der Waals surface area (Å²) in [6.07, 6.45) is 2.05. The highest BCUT2D eigenvalue weighted by molar-refractivity contribution is 5.85. The Morgan fingerprint density at radius 3 is 2.90 bits per heavy atom. The first kappa shape index (κ1) is 14.3. The van der Waals surface area contributed by atoms with Crippen molar-refractivity contribution < 1.29 is 9.21 Å². The van der Waals surface area contributed by atoms with E-state index in [0.29, 0.717) is 29.2 Å². The topological polar surface area (TPSA) is 98.4 Å². The molecule has 2 aromatic rings. The summed E-state index contributed by atoms with van der Waals surface area (Å²) < 4.78 is 5.66. The van der Waals surface area contributed by atoms with Crippen LogP contribution in [0, 0.1) is 0 Å². The molecule has 20 heavy (non-hydrogen) atoms. The minimum atomic E-state index is -0.350. The summed E-state index contributed by atoms with van der Waals surface area (Å²) >= 11 is 0. The van der Waals surface area contributed by atoms with Crippen LogP contribution < -0.4 is 11.5 Å². The van der Waals surface area contributed by atoms with Gasteiger partial charge in [0, 0.05) is 0 Å². The lowest BCUT2D eigenvalue weighted by Gasteiger charge is -2.18. The van der Waals surface area contributed by atoms with Crippen molar-refractivity contribution in [3.63, 3.8) is 0 Å². The molecule has 0 aliphatic carbocycles. The molecule has 6 nitrogen and oxygen atoms in total. The Bertz CT molecular complexity index is 594. The van der Waals surface area contributed by atoms with E-state index < -0.39 is 0 Å². The number of fused-ring (bicyclic) bond motifs is 1. The van der Waals surface area contributed by atoms with Gasteiger partial charge >= 0.3 is 0 Å². The second-order valence-corrected chi connectivity index (χ2v) is 4.83. The summed E-state index contributed by atoms with van der Waals surface area (Å²) in [5.74, 6) is 0.201. The van der Waals surface area contributed by atoms with Crippen molar-refractivity contribution in [1.82, 2.24) is 9.88 Å². The number of primary amides is 1. The Hall–Kier alpha value is -2.08. The van der Waals surface area contributed by atoms with Crippen molar-refractivity contribution >= 4 is 22.7 Å². The second-order valence-electron chi connectivity index (χ2n) is 4.83. The Balaban J connectivity index is 2.14. The summed E-state index contributed by atoms with van der Waals surface area (Å²) in [6.45, 7) is 3.54. The van der Waals surface area contributed by atoms with Gasteiger partial charge in [0.05, 0.1) is 18.8 Å². The smallest absolute Gasteiger partial charge is 0.231 e. The number of nitrogens with zero attached hydrogens (tertiary/aromatic N) is 2. The van der Waals surface area contributed by atoms with Crippen molar-refractivity contribution in [1.29, 1.82) is 0 Å². The van der Waals surface area contributed by atoms with Gasteiger partial charge in [-0.2, -0.15) is 0 Å². The summed E-state index contributed by atoms with van der Waals surface area (Å²) in [5.41, 5.74) is 13.0. The van der Waals surface area contributed by atoms with E-state index in [1.807, 2.05) is 17.0 Å². The number of para-hydroxylation sites is 1. The molecular formula is C14H20N4O2. The maximum atomic E-state index is 11.1. The largest absolute Gasteiger partial charge is 0.439 e. The molecule has 0 aliphatic rings. The van der Waals surface area contributed by atoms with Gasteiger partial charge in [-0.15, -0.1) is 0 Å². The molecule has 0 unspecified atom stereocenters. The SMILES string of the molecule is CCCCN(CC(N)=O)Cc1nc2c(N)cccc2o1. The number of nitrogen functional groups attached to an aromatic ring is 1. The zero-order chi connectivity index (χ0) is 14.5. The molecule has 0 fully saturated rings. The third-order valence-corrected chi connectivity index (χ3v) is 3.06. The second kappa shape index (κ2) is 6.38. The molecular weight excluding hydrogens is 256 g/mol. The first-order chi connectivity index (χ1) is 9.60. The first-order valence-electron chi connectivity index (χ1n) is 6.74. The van der Waals surface area contributed by atoms with Gasteiger partial charge in [0.25, 0.3) is 0 Å². The van der Waals surface area contributed by atoms with Gasteiger partial charge in [0.1, 0.15) is 5.52 Å². The fourth-order valence-electron chi connectivity index (χ4n) is 2.09. The van der Waals surface area contributed by atoms with Crippen LogP contribution in [-0.4, -0.2) is 28.9 Å². The minimum absolute atomic E-state index is 0.203. The molecule has 1 amide bonds. The fraction of sp³-hybridized carbons (Fsp3) is 0.429. The number of carbonyl (C=O) groups excluding carboxylic acids is 1. The van der Waals surface area contributed by atoms with Crippen LogP contribution in [0.25, 0.3) is 11.1 Å². The molecule has 2 rings (SSSR count). The Labute approximate surface area is 117 Å². The van der Waals surface area contributed by atoms with Crippen molar-refractivity contribution in [3.8, 4) is 0 Å². The van der Waals surface area contributed by atoms with E-state index in [4.69, 9.17) is 15.9 Å². The summed E-state index contributed by atoms with van der Waals surface area (Å²) in [7, 11) is 0. The predicted octanol–water partition coefficient (Wildman–Crippen LogP) is 1.50. The number of nitrogens with two attached hydrogens (primary N) is 2. The van der Waals surface area contributed by atoms with Crippen molar-refractivity contribution in [2.75, 3.05) is 18.8 Å². The van der Waals surface area contributed by atoms with E-state index in [1.54, 1.807) is 6.07 Å². The lowest BCUT2D eigenvalue weighted by Crippen LogP contribution is -2.34. The van der Waals surface area contributed by atoms with Gasteiger partial charge in [-0.25, -0.2) is 4.98 Å². The normalized spacial score (nSPS) is 11.3. The quantitative estimate of drug-likeness (QED) is 0.747. The molecule has 0 saturated carbocycles. The van der Waals surface area contributed by atoms with E-state index in [-0.39, 0.29) is 12.5 Å². The number of unbranched alkanes of at least 4 members (excludes halogenated alkanes) is 1. The number of anilines is 1. The Morgan fingerprint density at radius 1 is 1.45 bits per heavy atom. The average molecular weight is 276 g/mol. The number of hydrogen-bond donors (Lipinski definition) is 2. The lowest BCUT2D eigenvalue weighted by atomic mass is 10.3. The maximum absolute atomic E-state index is 11.1. The van der Waals surface area contributed by atoms with E-state index in [0.717, 1.165) is 19.4 Å². The van der Waals surface area contributed by atoms with Crippen LogP contribution in [0.5, 0.6) is 0 Å². The monoisotopic (exact) mass is 276 g/mol. The van der Waals surface area contributed by atoms with Crippen molar-refractivity contribution in [3.05, 3.63) is 24.1 Å². The van der Waals surface area contributed by atoms with Crippen molar-refractivity contribution in [2.45, 2.75) is 26.3 Å². The lowest BCUT2D eigenvalue weighted by molar-refractivity contribution is -0.119. The van der Waals surface area contributed by atoms with Crippen molar-refractivity contribution in [2.24, 2.45) is 5.73 Å². The zero-order valence-electron chi connectivity index (χ0n) is 11.6. The van der Waals surface area contributed by atoms with Gasteiger partial charge in [-0.05, 0) is 25.1 Å². The number of carbonyl (C=O) groups is 1. The molecule has 1 aromatic heterocycles. The number of rotatable bonds is 7. The molecule has 0 radical (unpaired) electrons. The third kappa shape index (κ3) is 3.48. The molecule has 0 saturated heterocycles. The molecule has 0 bridgehead atoms. The van der Waals surface area contributed by atoms with Crippen LogP contribution in [0.15, 0.2) is 22.6 Å². The highest BCUT2D eigenvalue weighted by atomic mass is 16.3. The van der Waals surface area contributed by atoms with E-state index in [9.17, 15) is 4.79 Å². The summed E-state index contributed by atoms with van der Waals surface area (Å²) in [5, 5.41) is 0. The molecule has 1 heterocycles. The third-order valence-electron chi connectivity index (χ3n) is 3.06. The zero-order valence-corrected chi connectivity index (χ0v) is 11.6. The van der Waals surface area contributed by atoms with Crippen LogP contribution in [0.4, 0.5) is 5.69 Å². The highest BCUT2D eigenvalue weighted by Gasteiger charge is 2.14. The standard InChI is InChI=1S/C14H20N4O2/c1-2-3-7-18(8-12(16)19)9-13-17-14-10(15)5-4-6-11(14)20-13/h4-6H,2-3,7-9,15H2,1H3,(H2,16,19). The fourth-order valence-corrected chi connectivity index (χ4v) is 2.09. The first-order valence-corrected chi connectivity index (χ1v) is 6.74. The van der Waals surface area contributed by atoms with E-state index in [2.05, 4.69) is 11.9 Å². The molecule has 0 aliphatic heterocycles.